The zero-order chi connectivity index (χ0) is 16.2. The van der Waals surface area contributed by atoms with Crippen molar-refractivity contribution in [2.75, 3.05) is 18.4 Å². The lowest BCUT2D eigenvalue weighted by Gasteiger charge is -2.34. The van der Waals surface area contributed by atoms with Crippen LogP contribution in [0.1, 0.15) is 31.4 Å². The van der Waals surface area contributed by atoms with Gasteiger partial charge < -0.3 is 0 Å². The highest BCUT2D eigenvalue weighted by atomic mass is 16.2. The maximum absolute atomic E-state index is 12.3. The highest BCUT2D eigenvalue weighted by molar-refractivity contribution is 5.93. The first-order valence-electron chi connectivity index (χ1n) is 7.95. The number of amides is 1. The third kappa shape index (κ3) is 3.73. The lowest BCUT2D eigenvalue weighted by atomic mass is 9.93. The normalized spacial score (nSPS) is 17.8. The van der Waals surface area contributed by atoms with Crippen molar-refractivity contribution < 1.29 is 4.79 Å². The molecule has 3 heterocycles. The van der Waals surface area contributed by atoms with E-state index in [-0.39, 0.29) is 11.9 Å². The maximum Gasteiger partial charge on any atom is 0.243 e. The third-order valence-corrected chi connectivity index (χ3v) is 4.41. The number of hydrogen-bond donors (Lipinski definition) is 1. The molecule has 1 aliphatic heterocycles. The van der Waals surface area contributed by atoms with Crippen LogP contribution >= 0.6 is 0 Å². The molecule has 1 atom stereocenters. The number of nitrogens with one attached hydrogen (secondary N) is 1. The van der Waals surface area contributed by atoms with Gasteiger partial charge in [0.25, 0.3) is 0 Å². The number of hydrogen-bond acceptors (Lipinski definition) is 5. The van der Waals surface area contributed by atoms with Gasteiger partial charge in [-0.15, -0.1) is 0 Å². The number of rotatable bonds is 4. The molecule has 122 valence electrons. The van der Waals surface area contributed by atoms with E-state index in [1.165, 1.54) is 0 Å². The number of likely N-dealkylation sites (tertiary alicyclic amines) is 1. The second-order valence-electron chi connectivity index (χ2n) is 5.96. The topological polar surface area (TPSA) is 75.9 Å². The summed E-state index contributed by atoms with van der Waals surface area (Å²) >= 11 is 0. The molecule has 1 fully saturated rings. The van der Waals surface area contributed by atoms with Crippen LogP contribution in [0.2, 0.25) is 0 Å². The van der Waals surface area contributed by atoms with Crippen molar-refractivity contribution in [1.29, 1.82) is 0 Å². The number of aryl methyl sites for hydroxylation is 1. The Kier molecular flexibility index (Phi) is 4.66. The molecule has 1 unspecified atom stereocenters. The van der Waals surface area contributed by atoms with E-state index in [0.717, 1.165) is 31.6 Å². The standard InChI is InChI=1S/C16H22N6O/c1-12(15(23)19-16-17-7-3-8-18-16)22-10-4-13(5-11-22)14-6-9-21(2)20-14/h3,6-9,12-13H,4-5,10-11H2,1-2H3,(H,17,18,19,23). The fraction of sp³-hybridized carbons (Fsp3) is 0.500. The maximum atomic E-state index is 12.3. The number of aromatic nitrogens is 4. The van der Waals surface area contributed by atoms with Crippen molar-refractivity contribution in [2.24, 2.45) is 7.05 Å². The molecule has 23 heavy (non-hydrogen) atoms. The Morgan fingerprint density at radius 3 is 2.61 bits per heavy atom. The van der Waals surface area contributed by atoms with Crippen LogP contribution in [0.5, 0.6) is 0 Å². The number of nitrogens with zero attached hydrogens (tertiary/aromatic N) is 5. The fourth-order valence-corrected chi connectivity index (χ4v) is 2.98. The molecule has 0 spiro atoms. The molecule has 1 N–H and O–H groups in total. The zero-order valence-electron chi connectivity index (χ0n) is 13.5. The van der Waals surface area contributed by atoms with Crippen molar-refractivity contribution in [1.82, 2.24) is 24.6 Å². The van der Waals surface area contributed by atoms with Gasteiger partial charge in [0.05, 0.1) is 11.7 Å². The first kappa shape index (κ1) is 15.6. The third-order valence-electron chi connectivity index (χ3n) is 4.41. The lowest BCUT2D eigenvalue weighted by Crippen LogP contribution is -2.46. The van der Waals surface area contributed by atoms with Crippen molar-refractivity contribution in [3.63, 3.8) is 0 Å². The molecule has 0 saturated carbocycles. The van der Waals surface area contributed by atoms with Gasteiger partial charge in [-0.1, -0.05) is 0 Å². The highest BCUT2D eigenvalue weighted by Crippen LogP contribution is 2.27. The van der Waals surface area contributed by atoms with Crippen LogP contribution in [-0.2, 0) is 11.8 Å². The first-order chi connectivity index (χ1) is 11.1. The van der Waals surface area contributed by atoms with E-state index in [0.29, 0.717) is 11.9 Å². The van der Waals surface area contributed by atoms with Crippen molar-refractivity contribution >= 4 is 11.9 Å². The molecule has 1 aliphatic rings. The summed E-state index contributed by atoms with van der Waals surface area (Å²) in [5.41, 5.74) is 1.15. The number of carbonyl (C=O) groups excluding carboxylic acids is 1. The van der Waals surface area contributed by atoms with Gasteiger partial charge in [0.15, 0.2) is 0 Å². The van der Waals surface area contributed by atoms with Crippen molar-refractivity contribution in [2.45, 2.75) is 31.7 Å². The Morgan fingerprint density at radius 2 is 2.00 bits per heavy atom. The predicted molar refractivity (Wildman–Crippen MR) is 86.9 cm³/mol. The Hall–Kier alpha value is -2.28. The monoisotopic (exact) mass is 314 g/mol. The van der Waals surface area contributed by atoms with Crippen LogP contribution in [0.4, 0.5) is 5.95 Å². The van der Waals surface area contributed by atoms with Gasteiger partial charge in [-0.05, 0) is 45.0 Å². The summed E-state index contributed by atoms with van der Waals surface area (Å²) in [5, 5.41) is 7.26. The van der Waals surface area contributed by atoms with Crippen LogP contribution < -0.4 is 5.32 Å². The van der Waals surface area contributed by atoms with Gasteiger partial charge in [0.2, 0.25) is 11.9 Å². The molecule has 2 aromatic rings. The largest absolute Gasteiger partial charge is 0.293 e. The van der Waals surface area contributed by atoms with E-state index in [1.807, 2.05) is 24.9 Å². The summed E-state index contributed by atoms with van der Waals surface area (Å²) < 4.78 is 1.84. The molecule has 2 aromatic heterocycles. The molecule has 3 rings (SSSR count). The summed E-state index contributed by atoms with van der Waals surface area (Å²) in [5.74, 6) is 0.778. The van der Waals surface area contributed by atoms with E-state index >= 15 is 0 Å². The number of anilines is 1. The van der Waals surface area contributed by atoms with E-state index in [1.54, 1.807) is 18.5 Å². The zero-order valence-corrected chi connectivity index (χ0v) is 13.5. The minimum Gasteiger partial charge on any atom is -0.293 e. The molecule has 7 heteroatoms. The minimum absolute atomic E-state index is 0.0625. The molecule has 7 nitrogen and oxygen atoms in total. The van der Waals surface area contributed by atoms with Gasteiger partial charge in [0, 0.05) is 31.6 Å². The summed E-state index contributed by atoms with van der Waals surface area (Å²) in [6.45, 7) is 3.72. The average molecular weight is 314 g/mol. The van der Waals surface area contributed by atoms with E-state index in [4.69, 9.17) is 0 Å². The summed E-state index contributed by atoms with van der Waals surface area (Å²) in [6, 6.07) is 3.62. The number of piperidine rings is 1. The van der Waals surface area contributed by atoms with Gasteiger partial charge in [0.1, 0.15) is 0 Å². The van der Waals surface area contributed by atoms with Gasteiger partial charge in [-0.25, -0.2) is 9.97 Å². The molecular formula is C16H22N6O. The van der Waals surface area contributed by atoms with Crippen LogP contribution in [0.25, 0.3) is 0 Å². The highest BCUT2D eigenvalue weighted by Gasteiger charge is 2.28. The van der Waals surface area contributed by atoms with E-state index in [9.17, 15) is 4.79 Å². The Bertz CT molecular complexity index is 648. The van der Waals surface area contributed by atoms with Crippen LogP contribution in [0.15, 0.2) is 30.7 Å². The van der Waals surface area contributed by atoms with Gasteiger partial charge in [-0.2, -0.15) is 5.10 Å². The molecule has 0 aromatic carbocycles. The molecule has 1 amide bonds. The van der Waals surface area contributed by atoms with E-state index in [2.05, 4.69) is 31.3 Å². The van der Waals surface area contributed by atoms with Gasteiger partial charge in [-0.3, -0.25) is 19.7 Å². The summed E-state index contributed by atoms with van der Waals surface area (Å²) in [6.07, 6.45) is 7.27. The first-order valence-corrected chi connectivity index (χ1v) is 7.95. The average Bonchev–Trinajstić information content (AvgIpc) is 3.02. The summed E-state index contributed by atoms with van der Waals surface area (Å²) in [4.78, 5) is 22.6. The predicted octanol–water partition coefficient (Wildman–Crippen LogP) is 1.42. The second kappa shape index (κ2) is 6.87. The molecular weight excluding hydrogens is 292 g/mol. The van der Waals surface area contributed by atoms with Crippen LogP contribution in [-0.4, -0.2) is 49.7 Å². The molecule has 0 radical (unpaired) electrons. The van der Waals surface area contributed by atoms with Crippen LogP contribution in [0, 0.1) is 0 Å². The van der Waals surface area contributed by atoms with Crippen molar-refractivity contribution in [3.8, 4) is 0 Å². The molecule has 0 aliphatic carbocycles. The van der Waals surface area contributed by atoms with E-state index < -0.39 is 0 Å². The smallest absolute Gasteiger partial charge is 0.243 e. The van der Waals surface area contributed by atoms with Gasteiger partial charge >= 0.3 is 0 Å². The Balaban J connectivity index is 1.53. The second-order valence-corrected chi connectivity index (χ2v) is 5.96. The fourth-order valence-electron chi connectivity index (χ4n) is 2.98. The quantitative estimate of drug-likeness (QED) is 0.923. The minimum atomic E-state index is -0.191. The SMILES string of the molecule is CC(C(=O)Nc1ncccn1)N1CCC(c2ccn(C)n2)CC1. The lowest BCUT2D eigenvalue weighted by molar-refractivity contribution is -0.121. The Labute approximate surface area is 135 Å². The molecule has 1 saturated heterocycles. The Morgan fingerprint density at radius 1 is 1.30 bits per heavy atom. The summed E-state index contributed by atoms with van der Waals surface area (Å²) in [7, 11) is 1.94. The van der Waals surface area contributed by atoms with Crippen molar-refractivity contribution in [3.05, 3.63) is 36.4 Å². The molecule has 0 bridgehead atoms. The number of carbonyl (C=O) groups is 1. The van der Waals surface area contributed by atoms with Crippen LogP contribution in [0.3, 0.4) is 0 Å².